The second kappa shape index (κ2) is 10.8. The topological polar surface area (TPSA) is 92.9 Å². The number of carbonyl (C=O) groups excluding carboxylic acids is 1. The fourth-order valence-corrected chi connectivity index (χ4v) is 2.88. The van der Waals surface area contributed by atoms with Crippen molar-refractivity contribution < 1.29 is 4.79 Å². The predicted octanol–water partition coefficient (Wildman–Crippen LogP) is 3.14. The molecule has 1 aliphatic rings. The summed E-state index contributed by atoms with van der Waals surface area (Å²) in [7, 11) is 0. The Morgan fingerprint density at radius 1 is 1.33 bits per heavy atom. The predicted molar refractivity (Wildman–Crippen MR) is 108 cm³/mol. The van der Waals surface area contributed by atoms with E-state index in [2.05, 4.69) is 20.7 Å². The van der Waals surface area contributed by atoms with Gasteiger partial charge in [0.1, 0.15) is 0 Å². The summed E-state index contributed by atoms with van der Waals surface area (Å²) < 4.78 is 0. The average molecular weight is 409 g/mol. The first-order chi connectivity index (χ1) is 13.0. The molecule has 0 radical (unpaired) electrons. The number of unbranched alkanes of at least 4 members (excludes halogenated alkanes) is 1. The van der Waals surface area contributed by atoms with E-state index in [1.807, 2.05) is 19.2 Å². The standard InChI is InChI=1S/C18H22Cl2N6O/c1-2-22-18(24-12-21)23-9-3-4-10-26-17(27)8-7-16(25-26)13-5-6-14(19)15(20)11-13/h5-6,11H,2-4,7-10H2,1H3,(H2,22,23,24). The van der Waals surface area contributed by atoms with Gasteiger partial charge >= 0.3 is 0 Å². The third-order valence-electron chi connectivity index (χ3n) is 3.92. The van der Waals surface area contributed by atoms with Gasteiger partial charge < -0.3 is 5.32 Å². The molecule has 144 valence electrons. The minimum Gasteiger partial charge on any atom is -0.356 e. The molecule has 0 saturated carbocycles. The highest BCUT2D eigenvalue weighted by Crippen LogP contribution is 2.25. The van der Waals surface area contributed by atoms with Gasteiger partial charge in [0.25, 0.3) is 0 Å². The van der Waals surface area contributed by atoms with Gasteiger partial charge in [-0.1, -0.05) is 29.3 Å². The molecule has 0 unspecified atom stereocenters. The van der Waals surface area contributed by atoms with Crippen LogP contribution in [0.15, 0.2) is 28.3 Å². The van der Waals surface area contributed by atoms with Crippen molar-refractivity contribution in [3.8, 4) is 6.19 Å². The second-order valence-electron chi connectivity index (χ2n) is 5.90. The van der Waals surface area contributed by atoms with Crippen molar-refractivity contribution in [2.24, 2.45) is 10.1 Å². The number of benzene rings is 1. The average Bonchev–Trinajstić information content (AvgIpc) is 2.65. The zero-order valence-electron chi connectivity index (χ0n) is 15.1. The van der Waals surface area contributed by atoms with Crippen LogP contribution in [-0.4, -0.2) is 42.2 Å². The maximum absolute atomic E-state index is 12.1. The molecule has 0 saturated heterocycles. The lowest BCUT2D eigenvalue weighted by atomic mass is 10.0. The van der Waals surface area contributed by atoms with Crippen LogP contribution in [0.3, 0.4) is 0 Å². The molecule has 0 bridgehead atoms. The maximum Gasteiger partial charge on any atom is 0.243 e. The number of hydrazone groups is 1. The number of hydrogen-bond acceptors (Lipinski definition) is 4. The van der Waals surface area contributed by atoms with Crippen LogP contribution in [0.1, 0.15) is 38.2 Å². The molecule has 2 N–H and O–H groups in total. The summed E-state index contributed by atoms with van der Waals surface area (Å²) in [5.74, 6) is 0.482. The Labute approximate surface area is 169 Å². The van der Waals surface area contributed by atoms with E-state index in [0.717, 1.165) is 24.1 Å². The molecule has 0 spiro atoms. The van der Waals surface area contributed by atoms with E-state index in [4.69, 9.17) is 28.5 Å². The van der Waals surface area contributed by atoms with Gasteiger partial charge in [0, 0.05) is 32.5 Å². The molecule has 0 atom stereocenters. The highest BCUT2D eigenvalue weighted by molar-refractivity contribution is 6.42. The number of aliphatic imine (C=N–C) groups is 1. The summed E-state index contributed by atoms with van der Waals surface area (Å²) in [6, 6.07) is 5.37. The molecular formula is C18H22Cl2N6O. The Morgan fingerprint density at radius 3 is 2.85 bits per heavy atom. The molecule has 2 rings (SSSR count). The fourth-order valence-electron chi connectivity index (χ4n) is 2.58. The maximum atomic E-state index is 12.1. The van der Waals surface area contributed by atoms with E-state index in [1.165, 1.54) is 5.01 Å². The first-order valence-electron chi connectivity index (χ1n) is 8.81. The van der Waals surface area contributed by atoms with E-state index >= 15 is 0 Å². The Kier molecular flexibility index (Phi) is 8.37. The Balaban J connectivity index is 1.91. The number of carbonyl (C=O) groups is 1. The van der Waals surface area contributed by atoms with Crippen molar-refractivity contribution in [2.75, 3.05) is 19.6 Å². The summed E-state index contributed by atoms with van der Waals surface area (Å²) in [6.07, 6.45) is 4.40. The first-order valence-corrected chi connectivity index (χ1v) is 9.57. The van der Waals surface area contributed by atoms with Crippen LogP contribution in [-0.2, 0) is 4.79 Å². The summed E-state index contributed by atoms with van der Waals surface area (Å²) in [6.45, 7) is 3.70. The molecule has 1 aliphatic heterocycles. The summed E-state index contributed by atoms with van der Waals surface area (Å²) in [5.41, 5.74) is 1.71. The van der Waals surface area contributed by atoms with E-state index in [1.54, 1.807) is 12.1 Å². The lowest BCUT2D eigenvalue weighted by Crippen LogP contribution is -2.34. The number of nitriles is 1. The van der Waals surface area contributed by atoms with E-state index < -0.39 is 0 Å². The van der Waals surface area contributed by atoms with Gasteiger partial charge in [-0.25, -0.2) is 5.01 Å². The molecule has 1 heterocycles. The molecule has 1 aromatic rings. The van der Waals surface area contributed by atoms with Gasteiger partial charge in [0.05, 0.1) is 15.8 Å². The number of nitrogens with zero attached hydrogens (tertiary/aromatic N) is 4. The van der Waals surface area contributed by atoms with E-state index in [-0.39, 0.29) is 5.91 Å². The monoisotopic (exact) mass is 408 g/mol. The zero-order chi connectivity index (χ0) is 19.6. The smallest absolute Gasteiger partial charge is 0.243 e. The Morgan fingerprint density at radius 2 is 2.15 bits per heavy atom. The highest BCUT2D eigenvalue weighted by atomic mass is 35.5. The van der Waals surface area contributed by atoms with Gasteiger partial charge in [-0.3, -0.25) is 15.1 Å². The molecule has 27 heavy (non-hydrogen) atoms. The molecule has 0 aliphatic carbocycles. The number of amides is 1. The molecular weight excluding hydrogens is 387 g/mol. The van der Waals surface area contributed by atoms with Crippen molar-refractivity contribution in [2.45, 2.75) is 32.6 Å². The van der Waals surface area contributed by atoms with Crippen molar-refractivity contribution in [3.05, 3.63) is 33.8 Å². The molecule has 9 heteroatoms. The van der Waals surface area contributed by atoms with E-state index in [9.17, 15) is 4.79 Å². The van der Waals surface area contributed by atoms with Crippen LogP contribution in [0.5, 0.6) is 0 Å². The number of rotatable bonds is 7. The van der Waals surface area contributed by atoms with Crippen molar-refractivity contribution >= 4 is 40.8 Å². The third kappa shape index (κ3) is 6.42. The number of hydrogen-bond donors (Lipinski definition) is 2. The van der Waals surface area contributed by atoms with E-state index in [0.29, 0.717) is 48.5 Å². The fraction of sp³-hybridized carbons (Fsp3) is 0.444. The van der Waals surface area contributed by atoms with Crippen LogP contribution >= 0.6 is 23.2 Å². The van der Waals surface area contributed by atoms with Crippen LogP contribution in [0.25, 0.3) is 0 Å². The SMILES string of the molecule is CCNC(=NCCCCN1N=C(c2ccc(Cl)c(Cl)c2)CCC1=O)NC#N. The summed E-state index contributed by atoms with van der Waals surface area (Å²) in [4.78, 5) is 16.4. The van der Waals surface area contributed by atoms with Gasteiger partial charge in [-0.2, -0.15) is 10.4 Å². The quantitative estimate of drug-likeness (QED) is 0.238. The van der Waals surface area contributed by atoms with Gasteiger partial charge in [-0.15, -0.1) is 0 Å². The first kappa shape index (κ1) is 21.0. The third-order valence-corrected chi connectivity index (χ3v) is 4.66. The minimum absolute atomic E-state index is 0.0156. The summed E-state index contributed by atoms with van der Waals surface area (Å²) in [5, 5.41) is 21.1. The van der Waals surface area contributed by atoms with Crippen LogP contribution in [0.4, 0.5) is 0 Å². The Hall–Kier alpha value is -2.30. The van der Waals surface area contributed by atoms with Gasteiger partial charge in [0.15, 0.2) is 6.19 Å². The number of nitrogens with one attached hydrogen (secondary N) is 2. The molecule has 1 amide bonds. The molecule has 1 aromatic carbocycles. The van der Waals surface area contributed by atoms with Gasteiger partial charge in [-0.05, 0) is 37.5 Å². The highest BCUT2D eigenvalue weighted by Gasteiger charge is 2.21. The molecule has 0 fully saturated rings. The second-order valence-corrected chi connectivity index (χ2v) is 6.71. The number of guanidine groups is 1. The minimum atomic E-state index is 0.0156. The van der Waals surface area contributed by atoms with Crippen LogP contribution in [0.2, 0.25) is 10.0 Å². The van der Waals surface area contributed by atoms with Crippen molar-refractivity contribution in [1.82, 2.24) is 15.6 Å². The van der Waals surface area contributed by atoms with Gasteiger partial charge in [0.2, 0.25) is 11.9 Å². The normalized spacial score (nSPS) is 14.6. The number of halogens is 2. The molecule has 0 aromatic heterocycles. The van der Waals surface area contributed by atoms with Crippen molar-refractivity contribution in [3.63, 3.8) is 0 Å². The van der Waals surface area contributed by atoms with Crippen LogP contribution in [0, 0.1) is 11.5 Å². The lowest BCUT2D eigenvalue weighted by molar-refractivity contribution is -0.131. The largest absolute Gasteiger partial charge is 0.356 e. The summed E-state index contributed by atoms with van der Waals surface area (Å²) >= 11 is 12.0. The van der Waals surface area contributed by atoms with Crippen molar-refractivity contribution in [1.29, 1.82) is 5.26 Å². The zero-order valence-corrected chi connectivity index (χ0v) is 16.6. The lowest BCUT2D eigenvalue weighted by Gasteiger charge is -2.23. The molecule has 7 nitrogen and oxygen atoms in total. The Bertz CT molecular complexity index is 772. The van der Waals surface area contributed by atoms with Crippen LogP contribution < -0.4 is 10.6 Å².